The van der Waals surface area contributed by atoms with Crippen molar-refractivity contribution in [3.8, 4) is 0 Å². The fraction of sp³-hybridized carbons (Fsp3) is 0.600. The van der Waals surface area contributed by atoms with Gasteiger partial charge in [0.25, 0.3) is 0 Å². The molecular formula is C15H24N2O. The Bertz CT molecular complexity index is 395. The highest BCUT2D eigenvalue weighted by atomic mass is 16.3. The molecule has 0 aromatic carbocycles. The summed E-state index contributed by atoms with van der Waals surface area (Å²) >= 11 is 0. The molecule has 18 heavy (non-hydrogen) atoms. The van der Waals surface area contributed by atoms with Crippen molar-refractivity contribution in [2.45, 2.75) is 39.8 Å². The molecule has 0 saturated heterocycles. The normalized spacial score (nSPS) is 16.9. The molecule has 0 aliphatic carbocycles. The second-order valence-corrected chi connectivity index (χ2v) is 5.13. The molecule has 0 atom stereocenters. The molecule has 1 aliphatic rings. The van der Waals surface area contributed by atoms with Crippen molar-refractivity contribution in [2.75, 3.05) is 19.6 Å². The van der Waals surface area contributed by atoms with Crippen LogP contribution in [0.2, 0.25) is 0 Å². The number of furan rings is 1. The van der Waals surface area contributed by atoms with Crippen LogP contribution in [0.1, 0.15) is 38.0 Å². The summed E-state index contributed by atoms with van der Waals surface area (Å²) < 4.78 is 5.62. The van der Waals surface area contributed by atoms with E-state index in [1.54, 1.807) is 0 Å². The van der Waals surface area contributed by atoms with E-state index in [-0.39, 0.29) is 0 Å². The average Bonchev–Trinajstić information content (AvgIpc) is 2.80. The first-order chi connectivity index (χ1) is 8.78. The largest absolute Gasteiger partial charge is 0.468 e. The summed E-state index contributed by atoms with van der Waals surface area (Å²) in [5.74, 6) is 1.08. The minimum Gasteiger partial charge on any atom is -0.468 e. The summed E-state index contributed by atoms with van der Waals surface area (Å²) in [6.07, 6.45) is 6.55. The third-order valence-electron chi connectivity index (χ3n) is 3.36. The second kappa shape index (κ2) is 6.76. The Labute approximate surface area is 110 Å². The highest BCUT2D eigenvalue weighted by molar-refractivity contribution is 5.13. The maximum Gasteiger partial charge on any atom is 0.118 e. The topological polar surface area (TPSA) is 28.4 Å². The molecule has 1 aliphatic heterocycles. The van der Waals surface area contributed by atoms with Crippen molar-refractivity contribution in [3.05, 3.63) is 35.3 Å². The van der Waals surface area contributed by atoms with E-state index < -0.39 is 0 Å². The number of nitrogens with one attached hydrogen (secondary N) is 1. The van der Waals surface area contributed by atoms with Crippen molar-refractivity contribution in [1.82, 2.24) is 10.2 Å². The van der Waals surface area contributed by atoms with Gasteiger partial charge in [-0.05, 0) is 32.4 Å². The molecule has 0 radical (unpaired) electrons. The van der Waals surface area contributed by atoms with Gasteiger partial charge >= 0.3 is 0 Å². The highest BCUT2D eigenvalue weighted by Gasteiger charge is 2.11. The Kier molecular flexibility index (Phi) is 5.02. The molecule has 2 rings (SSSR count). The minimum atomic E-state index is 0.913. The van der Waals surface area contributed by atoms with E-state index in [1.807, 2.05) is 6.26 Å². The quantitative estimate of drug-likeness (QED) is 0.620. The molecule has 0 amide bonds. The number of hydrogen-bond donors (Lipinski definition) is 1. The first kappa shape index (κ1) is 13.4. The Balaban J connectivity index is 1.79. The van der Waals surface area contributed by atoms with Crippen LogP contribution in [0.4, 0.5) is 0 Å². The molecular weight excluding hydrogens is 224 g/mol. The van der Waals surface area contributed by atoms with Crippen LogP contribution in [0.25, 0.3) is 0 Å². The zero-order chi connectivity index (χ0) is 12.8. The van der Waals surface area contributed by atoms with Crippen LogP contribution in [-0.4, -0.2) is 24.5 Å². The van der Waals surface area contributed by atoms with Gasteiger partial charge in [-0.25, -0.2) is 0 Å². The zero-order valence-electron chi connectivity index (χ0n) is 11.5. The van der Waals surface area contributed by atoms with Gasteiger partial charge in [0.1, 0.15) is 5.76 Å². The van der Waals surface area contributed by atoms with Crippen LogP contribution in [0.15, 0.2) is 28.4 Å². The lowest BCUT2D eigenvalue weighted by Crippen LogP contribution is -2.27. The van der Waals surface area contributed by atoms with Gasteiger partial charge in [-0.3, -0.25) is 4.90 Å². The van der Waals surface area contributed by atoms with Gasteiger partial charge in [0.05, 0.1) is 12.8 Å². The smallest absolute Gasteiger partial charge is 0.118 e. The summed E-state index contributed by atoms with van der Waals surface area (Å²) in [7, 11) is 0. The van der Waals surface area contributed by atoms with Crippen LogP contribution < -0.4 is 5.32 Å². The Morgan fingerprint density at radius 3 is 3.06 bits per heavy atom. The summed E-state index contributed by atoms with van der Waals surface area (Å²) in [5.41, 5.74) is 2.76. The van der Waals surface area contributed by atoms with Crippen LogP contribution >= 0.6 is 0 Å². The lowest BCUT2D eigenvalue weighted by molar-refractivity contribution is 0.261. The Morgan fingerprint density at radius 1 is 1.44 bits per heavy atom. The van der Waals surface area contributed by atoms with Crippen LogP contribution in [0.5, 0.6) is 0 Å². The van der Waals surface area contributed by atoms with Crippen LogP contribution in [0.3, 0.4) is 0 Å². The molecule has 3 nitrogen and oxygen atoms in total. The zero-order valence-corrected chi connectivity index (χ0v) is 11.5. The van der Waals surface area contributed by atoms with E-state index >= 15 is 0 Å². The maximum absolute atomic E-state index is 5.62. The molecule has 0 bridgehead atoms. The summed E-state index contributed by atoms with van der Waals surface area (Å²) in [4.78, 5) is 2.43. The molecule has 1 N–H and O–H groups in total. The molecule has 3 heteroatoms. The van der Waals surface area contributed by atoms with Gasteiger partial charge in [0, 0.05) is 25.2 Å². The third-order valence-corrected chi connectivity index (χ3v) is 3.36. The van der Waals surface area contributed by atoms with E-state index in [4.69, 9.17) is 4.42 Å². The number of nitrogens with zero attached hydrogens (tertiary/aromatic N) is 1. The van der Waals surface area contributed by atoms with Crippen molar-refractivity contribution in [3.63, 3.8) is 0 Å². The van der Waals surface area contributed by atoms with Gasteiger partial charge in [-0.15, -0.1) is 0 Å². The fourth-order valence-electron chi connectivity index (χ4n) is 2.19. The van der Waals surface area contributed by atoms with Crippen molar-refractivity contribution in [2.24, 2.45) is 0 Å². The van der Waals surface area contributed by atoms with Crippen molar-refractivity contribution >= 4 is 0 Å². The standard InChI is InChI=1S/C15H24N2O/c1-3-6-16-10-14-9-15(18-12-14)11-17-7-4-13(2)5-8-17/h4,9,12,16H,3,5-8,10-11H2,1-2H3. The van der Waals surface area contributed by atoms with E-state index in [9.17, 15) is 0 Å². The predicted molar refractivity (Wildman–Crippen MR) is 74.4 cm³/mol. The monoisotopic (exact) mass is 248 g/mol. The fourth-order valence-corrected chi connectivity index (χ4v) is 2.19. The molecule has 0 fully saturated rings. The molecule has 0 unspecified atom stereocenters. The van der Waals surface area contributed by atoms with E-state index in [2.05, 4.69) is 36.2 Å². The average molecular weight is 248 g/mol. The maximum atomic E-state index is 5.62. The van der Waals surface area contributed by atoms with Crippen LogP contribution in [-0.2, 0) is 13.1 Å². The minimum absolute atomic E-state index is 0.913. The van der Waals surface area contributed by atoms with Crippen molar-refractivity contribution < 1.29 is 4.42 Å². The lowest BCUT2D eigenvalue weighted by Gasteiger charge is -2.23. The second-order valence-electron chi connectivity index (χ2n) is 5.13. The lowest BCUT2D eigenvalue weighted by atomic mass is 10.1. The van der Waals surface area contributed by atoms with Gasteiger partial charge in [0.15, 0.2) is 0 Å². The predicted octanol–water partition coefficient (Wildman–Crippen LogP) is 2.93. The van der Waals surface area contributed by atoms with Crippen molar-refractivity contribution in [1.29, 1.82) is 0 Å². The van der Waals surface area contributed by atoms with Gasteiger partial charge < -0.3 is 9.73 Å². The molecule has 100 valence electrons. The summed E-state index contributed by atoms with van der Waals surface area (Å²) in [6.45, 7) is 9.49. The molecule has 2 heterocycles. The van der Waals surface area contributed by atoms with Crippen LogP contribution in [0, 0.1) is 0 Å². The first-order valence-corrected chi connectivity index (χ1v) is 6.93. The SMILES string of the molecule is CCCNCc1coc(CN2CC=C(C)CC2)c1. The number of rotatable bonds is 6. The Morgan fingerprint density at radius 2 is 2.33 bits per heavy atom. The van der Waals surface area contributed by atoms with E-state index in [1.165, 1.54) is 24.0 Å². The van der Waals surface area contributed by atoms with E-state index in [0.717, 1.165) is 38.5 Å². The Hall–Kier alpha value is -1.06. The highest BCUT2D eigenvalue weighted by Crippen LogP contribution is 2.15. The van der Waals surface area contributed by atoms with Gasteiger partial charge in [-0.2, -0.15) is 0 Å². The van der Waals surface area contributed by atoms with Gasteiger partial charge in [-0.1, -0.05) is 18.6 Å². The van der Waals surface area contributed by atoms with E-state index in [0.29, 0.717) is 0 Å². The van der Waals surface area contributed by atoms with Gasteiger partial charge in [0.2, 0.25) is 0 Å². The summed E-state index contributed by atoms with van der Waals surface area (Å²) in [5, 5.41) is 3.39. The molecule has 1 aromatic rings. The first-order valence-electron chi connectivity index (χ1n) is 6.93. The summed E-state index contributed by atoms with van der Waals surface area (Å²) in [6, 6.07) is 2.17. The number of hydrogen-bond acceptors (Lipinski definition) is 3. The third kappa shape index (κ3) is 4.00. The molecule has 1 aromatic heterocycles. The molecule has 0 spiro atoms. The molecule has 0 saturated carbocycles.